The number of para-hydroxylation sites is 1. The maximum Gasteiger partial charge on any atom is 0.279 e. The number of carbonyl (C=O) groups excluding carboxylic acids is 2. The van der Waals surface area contributed by atoms with Crippen molar-refractivity contribution in [2.24, 2.45) is 4.99 Å². The van der Waals surface area contributed by atoms with Gasteiger partial charge in [0.2, 0.25) is 5.91 Å². The number of nitrogens with zero attached hydrogens (tertiary/aromatic N) is 3. The van der Waals surface area contributed by atoms with Gasteiger partial charge >= 0.3 is 0 Å². The number of thiazole rings is 1. The zero-order chi connectivity index (χ0) is 19.6. The summed E-state index contributed by atoms with van der Waals surface area (Å²) >= 11 is 1.43. The van der Waals surface area contributed by atoms with Gasteiger partial charge in [0.25, 0.3) is 5.91 Å². The molecule has 1 heterocycles. The summed E-state index contributed by atoms with van der Waals surface area (Å²) in [6.07, 6.45) is 0.615. The number of benzene rings is 2. The third kappa shape index (κ3) is 3.85. The van der Waals surface area contributed by atoms with Crippen LogP contribution in [0, 0.1) is 6.92 Å². The van der Waals surface area contributed by atoms with Crippen molar-refractivity contribution in [2.45, 2.75) is 26.3 Å². The summed E-state index contributed by atoms with van der Waals surface area (Å²) in [7, 11) is 3.49. The minimum atomic E-state index is -0.402. The lowest BCUT2D eigenvalue weighted by Gasteiger charge is -2.21. The molecule has 0 spiro atoms. The number of fused-ring (bicyclic) bond motifs is 1. The van der Waals surface area contributed by atoms with Crippen LogP contribution in [0.25, 0.3) is 10.2 Å². The van der Waals surface area contributed by atoms with E-state index in [0.717, 1.165) is 15.8 Å². The average molecular weight is 382 g/mol. The van der Waals surface area contributed by atoms with Crippen LogP contribution in [0.5, 0.6) is 0 Å². The van der Waals surface area contributed by atoms with E-state index < -0.39 is 6.04 Å². The van der Waals surface area contributed by atoms with Gasteiger partial charge in [0, 0.05) is 19.7 Å². The number of amides is 2. The Morgan fingerprint density at radius 2 is 1.78 bits per heavy atom. The molecule has 0 aliphatic heterocycles. The zero-order valence-corrected chi connectivity index (χ0v) is 16.8. The number of aryl methyl sites for hydroxylation is 1. The minimum absolute atomic E-state index is 0.00899. The number of likely N-dealkylation sites (N-methyl/N-ethyl adjacent to an activating group) is 1. The van der Waals surface area contributed by atoms with Crippen molar-refractivity contribution in [3.05, 3.63) is 64.5 Å². The van der Waals surface area contributed by atoms with Crippen LogP contribution in [-0.2, 0) is 4.79 Å². The van der Waals surface area contributed by atoms with E-state index in [-0.39, 0.29) is 11.8 Å². The van der Waals surface area contributed by atoms with Crippen molar-refractivity contribution < 1.29 is 9.59 Å². The summed E-state index contributed by atoms with van der Waals surface area (Å²) in [5.41, 5.74) is 2.54. The molecule has 1 atom stereocenters. The molecule has 5 nitrogen and oxygen atoms in total. The summed E-state index contributed by atoms with van der Waals surface area (Å²) in [6, 6.07) is 14.8. The second-order valence-corrected chi connectivity index (χ2v) is 7.67. The van der Waals surface area contributed by atoms with Gasteiger partial charge < -0.3 is 9.47 Å². The smallest absolute Gasteiger partial charge is 0.279 e. The fraction of sp³-hybridized carbons (Fsp3) is 0.286. The van der Waals surface area contributed by atoms with E-state index in [2.05, 4.69) is 4.99 Å². The molecule has 1 unspecified atom stereocenters. The van der Waals surface area contributed by atoms with Crippen LogP contribution in [0.1, 0.15) is 35.3 Å². The van der Waals surface area contributed by atoms with Crippen molar-refractivity contribution in [3.63, 3.8) is 0 Å². The van der Waals surface area contributed by atoms with E-state index >= 15 is 0 Å². The van der Waals surface area contributed by atoms with Crippen LogP contribution < -0.4 is 4.80 Å². The van der Waals surface area contributed by atoms with Crippen LogP contribution in [-0.4, -0.2) is 35.4 Å². The molecule has 2 aromatic carbocycles. The van der Waals surface area contributed by atoms with Crippen LogP contribution in [0.4, 0.5) is 0 Å². The van der Waals surface area contributed by atoms with Gasteiger partial charge in [-0.1, -0.05) is 48.1 Å². The third-order valence-electron chi connectivity index (χ3n) is 4.45. The fourth-order valence-electron chi connectivity index (χ4n) is 2.98. The van der Waals surface area contributed by atoms with Gasteiger partial charge in [-0.2, -0.15) is 4.99 Å². The predicted octanol–water partition coefficient (Wildman–Crippen LogP) is 3.79. The second kappa shape index (κ2) is 7.88. The second-order valence-electron chi connectivity index (χ2n) is 6.66. The number of hydrogen-bond donors (Lipinski definition) is 0. The number of aromatic nitrogens is 1. The Balaban J connectivity index is 2.19. The monoisotopic (exact) mass is 381 g/mol. The summed E-state index contributed by atoms with van der Waals surface area (Å²) in [5, 5.41) is 0. The highest BCUT2D eigenvalue weighted by Crippen LogP contribution is 2.23. The molecule has 0 saturated carbocycles. The van der Waals surface area contributed by atoms with Crippen LogP contribution >= 0.6 is 11.3 Å². The Hall–Kier alpha value is -2.73. The van der Waals surface area contributed by atoms with Gasteiger partial charge in [-0.05, 0) is 37.6 Å². The summed E-state index contributed by atoms with van der Waals surface area (Å²) in [5.74, 6) is -0.312. The maximum atomic E-state index is 12.7. The van der Waals surface area contributed by atoms with Crippen molar-refractivity contribution in [3.8, 4) is 0 Å². The molecule has 27 heavy (non-hydrogen) atoms. The molecular weight excluding hydrogens is 358 g/mol. The topological polar surface area (TPSA) is 54.7 Å². The molecule has 3 rings (SSSR count). The molecule has 0 fully saturated rings. The average Bonchev–Trinajstić information content (AvgIpc) is 3.00. The normalized spacial score (nSPS) is 13.0. The lowest BCUT2D eigenvalue weighted by Crippen LogP contribution is -2.35. The molecule has 0 N–H and O–H groups in total. The third-order valence-corrected chi connectivity index (χ3v) is 5.49. The molecule has 0 radical (unpaired) electrons. The minimum Gasteiger partial charge on any atom is -0.347 e. The van der Waals surface area contributed by atoms with Gasteiger partial charge in [0.15, 0.2) is 4.80 Å². The first-order chi connectivity index (χ1) is 12.9. The Morgan fingerprint density at radius 1 is 1.11 bits per heavy atom. The van der Waals surface area contributed by atoms with E-state index in [4.69, 9.17) is 0 Å². The quantitative estimate of drug-likeness (QED) is 0.690. The van der Waals surface area contributed by atoms with Gasteiger partial charge in [-0.15, -0.1) is 0 Å². The Kier molecular flexibility index (Phi) is 5.56. The lowest BCUT2D eigenvalue weighted by molar-refractivity contribution is -0.132. The van der Waals surface area contributed by atoms with E-state index in [9.17, 15) is 9.59 Å². The van der Waals surface area contributed by atoms with Crippen molar-refractivity contribution >= 4 is 33.4 Å². The standard InChI is InChI=1S/C21H23N3O2S/c1-5-16(20(26)23(3)4)24-17-8-6-7-9-18(17)27-21(24)22-19(25)15-12-10-14(2)11-13-15/h6-13,16H,5H2,1-4H3. The zero-order valence-electron chi connectivity index (χ0n) is 16.0. The van der Waals surface area contributed by atoms with Gasteiger partial charge in [0.05, 0.1) is 10.2 Å². The highest BCUT2D eigenvalue weighted by Gasteiger charge is 2.24. The molecule has 0 saturated heterocycles. The largest absolute Gasteiger partial charge is 0.347 e. The first kappa shape index (κ1) is 19.0. The van der Waals surface area contributed by atoms with Crippen LogP contribution in [0.2, 0.25) is 0 Å². The molecule has 2 amide bonds. The molecule has 6 heteroatoms. The molecule has 140 valence electrons. The number of hydrogen-bond acceptors (Lipinski definition) is 3. The molecular formula is C21H23N3O2S. The molecule has 0 aliphatic carbocycles. The number of rotatable bonds is 4. The fourth-order valence-corrected chi connectivity index (χ4v) is 4.05. The van der Waals surface area contributed by atoms with E-state index in [0.29, 0.717) is 16.8 Å². The molecule has 1 aromatic heterocycles. The Bertz CT molecular complexity index is 1050. The van der Waals surface area contributed by atoms with Crippen LogP contribution in [0.3, 0.4) is 0 Å². The van der Waals surface area contributed by atoms with Gasteiger partial charge in [-0.3, -0.25) is 9.59 Å². The summed E-state index contributed by atoms with van der Waals surface area (Å²) < 4.78 is 2.90. The number of carbonyl (C=O) groups is 2. The molecule has 3 aromatic rings. The van der Waals surface area contributed by atoms with E-state index in [1.54, 1.807) is 31.1 Å². The highest BCUT2D eigenvalue weighted by atomic mass is 32.1. The van der Waals surface area contributed by atoms with Crippen molar-refractivity contribution in [2.75, 3.05) is 14.1 Å². The Morgan fingerprint density at radius 3 is 2.41 bits per heavy atom. The maximum absolute atomic E-state index is 12.7. The van der Waals surface area contributed by atoms with Crippen LogP contribution in [0.15, 0.2) is 53.5 Å². The first-order valence-electron chi connectivity index (χ1n) is 8.89. The van der Waals surface area contributed by atoms with E-state index in [1.165, 1.54) is 11.3 Å². The summed E-state index contributed by atoms with van der Waals surface area (Å²) in [6.45, 7) is 3.95. The molecule has 0 aliphatic rings. The Labute approximate surface area is 162 Å². The predicted molar refractivity (Wildman–Crippen MR) is 109 cm³/mol. The SMILES string of the molecule is CCC(C(=O)N(C)C)n1c(=NC(=O)c2ccc(C)cc2)sc2ccccc21. The van der Waals surface area contributed by atoms with Crippen molar-refractivity contribution in [1.82, 2.24) is 9.47 Å². The van der Waals surface area contributed by atoms with Crippen molar-refractivity contribution in [1.29, 1.82) is 0 Å². The van der Waals surface area contributed by atoms with E-state index in [1.807, 2.05) is 54.8 Å². The van der Waals surface area contributed by atoms with Gasteiger partial charge in [0.1, 0.15) is 6.04 Å². The first-order valence-corrected chi connectivity index (χ1v) is 9.71. The lowest BCUT2D eigenvalue weighted by atomic mass is 10.1. The molecule has 0 bridgehead atoms. The highest BCUT2D eigenvalue weighted by molar-refractivity contribution is 7.16. The van der Waals surface area contributed by atoms with Gasteiger partial charge in [-0.25, -0.2) is 0 Å². The summed E-state index contributed by atoms with van der Waals surface area (Å²) in [4.78, 5) is 32.0.